The van der Waals surface area contributed by atoms with Crippen LogP contribution in [0.15, 0.2) is 0 Å². The summed E-state index contributed by atoms with van der Waals surface area (Å²) in [6.45, 7) is 6.77. The first kappa shape index (κ1) is 14.8. The van der Waals surface area contributed by atoms with E-state index in [1.807, 2.05) is 6.92 Å². The lowest BCUT2D eigenvalue weighted by Gasteiger charge is -2.45. The number of hydrogen-bond donors (Lipinski definition) is 1. The molecule has 0 amide bonds. The molecule has 0 aliphatic carbocycles. The number of ether oxygens (including phenoxy) is 1. The monoisotopic (exact) mass is 269 g/mol. The van der Waals surface area contributed by atoms with E-state index in [1.165, 1.54) is 0 Å². The van der Waals surface area contributed by atoms with Crippen molar-refractivity contribution >= 4 is 5.97 Å². The molecular weight excluding hydrogens is 242 g/mol. The second kappa shape index (κ2) is 6.23. The van der Waals surface area contributed by atoms with Gasteiger partial charge in [0.1, 0.15) is 0 Å². The maximum atomic E-state index is 11.6. The highest BCUT2D eigenvalue weighted by molar-refractivity contribution is 5.75. The summed E-state index contributed by atoms with van der Waals surface area (Å²) in [6.07, 6.45) is 6.11. The molecule has 2 aliphatic rings. The van der Waals surface area contributed by atoms with Crippen molar-refractivity contribution in [2.45, 2.75) is 64.5 Å². The average molecular weight is 269 g/mol. The molecule has 1 N–H and O–H groups in total. The minimum absolute atomic E-state index is 0.363. The fraction of sp³-hybridized carbons (Fsp3) is 0.933. The predicted molar refractivity (Wildman–Crippen MR) is 74.2 cm³/mol. The summed E-state index contributed by atoms with van der Waals surface area (Å²) in [5.74, 6) is -0.612. The van der Waals surface area contributed by atoms with Crippen molar-refractivity contribution in [3.63, 3.8) is 0 Å². The van der Waals surface area contributed by atoms with Gasteiger partial charge in [0, 0.05) is 19.2 Å². The van der Waals surface area contributed by atoms with Gasteiger partial charge in [-0.15, -0.1) is 0 Å². The third kappa shape index (κ3) is 3.11. The van der Waals surface area contributed by atoms with Crippen molar-refractivity contribution in [3.05, 3.63) is 0 Å². The van der Waals surface area contributed by atoms with Crippen LogP contribution in [-0.4, -0.2) is 47.8 Å². The molecule has 0 radical (unpaired) electrons. The largest absolute Gasteiger partial charge is 0.481 e. The van der Waals surface area contributed by atoms with Gasteiger partial charge in [-0.25, -0.2) is 0 Å². The van der Waals surface area contributed by atoms with Gasteiger partial charge in [-0.3, -0.25) is 9.69 Å². The summed E-state index contributed by atoms with van der Waals surface area (Å²) in [5, 5.41) is 9.55. The van der Waals surface area contributed by atoms with Crippen LogP contribution in [-0.2, 0) is 9.53 Å². The topological polar surface area (TPSA) is 49.8 Å². The molecule has 0 saturated carbocycles. The molecule has 3 unspecified atom stereocenters. The van der Waals surface area contributed by atoms with Gasteiger partial charge in [0.05, 0.1) is 11.5 Å². The van der Waals surface area contributed by atoms with E-state index in [-0.39, 0.29) is 0 Å². The zero-order valence-electron chi connectivity index (χ0n) is 12.2. The third-order valence-corrected chi connectivity index (χ3v) is 5.05. The van der Waals surface area contributed by atoms with E-state index < -0.39 is 11.4 Å². The van der Waals surface area contributed by atoms with Crippen LogP contribution < -0.4 is 0 Å². The van der Waals surface area contributed by atoms with Crippen LogP contribution in [0.4, 0.5) is 0 Å². The SMILES string of the molecule is CCC1CC(N2CCCC(CC)(C(=O)O)C2)CCO1. The van der Waals surface area contributed by atoms with E-state index in [0.29, 0.717) is 12.1 Å². The minimum Gasteiger partial charge on any atom is -0.481 e. The molecule has 4 heteroatoms. The molecule has 2 fully saturated rings. The van der Waals surface area contributed by atoms with E-state index in [0.717, 1.165) is 58.2 Å². The number of carboxylic acid groups (broad SMARTS) is 1. The Morgan fingerprint density at radius 3 is 2.89 bits per heavy atom. The van der Waals surface area contributed by atoms with Gasteiger partial charge >= 0.3 is 5.97 Å². The van der Waals surface area contributed by atoms with Gasteiger partial charge in [0.25, 0.3) is 0 Å². The number of carbonyl (C=O) groups is 1. The van der Waals surface area contributed by atoms with E-state index in [4.69, 9.17) is 4.74 Å². The van der Waals surface area contributed by atoms with Crippen LogP contribution in [0.5, 0.6) is 0 Å². The van der Waals surface area contributed by atoms with Gasteiger partial charge in [-0.05, 0) is 45.1 Å². The summed E-state index contributed by atoms with van der Waals surface area (Å²) in [5.41, 5.74) is -0.516. The Hall–Kier alpha value is -0.610. The molecule has 0 bridgehead atoms. The standard InChI is InChI=1S/C15H27NO3/c1-3-13-10-12(6-9-19-13)16-8-5-7-15(4-2,11-16)14(17)18/h12-13H,3-11H2,1-2H3,(H,17,18). The van der Waals surface area contributed by atoms with E-state index in [9.17, 15) is 9.90 Å². The van der Waals surface area contributed by atoms with Gasteiger partial charge in [-0.2, -0.15) is 0 Å². The Morgan fingerprint density at radius 2 is 2.26 bits per heavy atom. The number of likely N-dealkylation sites (tertiary alicyclic amines) is 1. The van der Waals surface area contributed by atoms with Gasteiger partial charge in [0.2, 0.25) is 0 Å². The predicted octanol–water partition coefficient (Wildman–Crippen LogP) is 2.52. The normalized spacial score (nSPS) is 37.2. The van der Waals surface area contributed by atoms with Crippen LogP contribution in [0.1, 0.15) is 52.4 Å². The number of nitrogens with zero attached hydrogens (tertiary/aromatic N) is 1. The van der Waals surface area contributed by atoms with E-state index >= 15 is 0 Å². The maximum Gasteiger partial charge on any atom is 0.310 e. The first-order valence-electron chi connectivity index (χ1n) is 7.70. The highest BCUT2D eigenvalue weighted by Gasteiger charge is 2.42. The lowest BCUT2D eigenvalue weighted by Crippen LogP contribution is -2.53. The van der Waals surface area contributed by atoms with Crippen molar-refractivity contribution in [2.24, 2.45) is 5.41 Å². The average Bonchev–Trinajstić information content (AvgIpc) is 2.47. The lowest BCUT2D eigenvalue weighted by atomic mass is 9.77. The fourth-order valence-corrected chi connectivity index (χ4v) is 3.57. The van der Waals surface area contributed by atoms with Gasteiger partial charge in [0.15, 0.2) is 0 Å². The first-order chi connectivity index (χ1) is 9.11. The Bertz CT molecular complexity index is 321. The van der Waals surface area contributed by atoms with Crippen molar-refractivity contribution in [2.75, 3.05) is 19.7 Å². The quantitative estimate of drug-likeness (QED) is 0.852. The van der Waals surface area contributed by atoms with Crippen molar-refractivity contribution in [1.82, 2.24) is 4.90 Å². The third-order valence-electron chi connectivity index (χ3n) is 5.05. The minimum atomic E-state index is -0.612. The van der Waals surface area contributed by atoms with Crippen LogP contribution in [0.2, 0.25) is 0 Å². The van der Waals surface area contributed by atoms with E-state index in [1.54, 1.807) is 0 Å². The molecule has 0 aromatic carbocycles. The van der Waals surface area contributed by atoms with Crippen LogP contribution in [0.3, 0.4) is 0 Å². The molecule has 0 spiro atoms. The Morgan fingerprint density at radius 1 is 1.47 bits per heavy atom. The summed E-state index contributed by atoms with van der Waals surface area (Å²) >= 11 is 0. The molecule has 0 aromatic heterocycles. The number of hydrogen-bond acceptors (Lipinski definition) is 3. The number of rotatable bonds is 4. The summed E-state index contributed by atoms with van der Waals surface area (Å²) in [4.78, 5) is 14.0. The van der Waals surface area contributed by atoms with Crippen molar-refractivity contribution < 1.29 is 14.6 Å². The number of aliphatic carboxylic acids is 1. The zero-order valence-corrected chi connectivity index (χ0v) is 12.2. The Kier molecular flexibility index (Phi) is 4.85. The Labute approximate surface area is 116 Å². The molecular formula is C15H27NO3. The molecule has 4 nitrogen and oxygen atoms in total. The van der Waals surface area contributed by atoms with Crippen molar-refractivity contribution in [1.29, 1.82) is 0 Å². The fourth-order valence-electron chi connectivity index (χ4n) is 3.57. The lowest BCUT2D eigenvalue weighted by molar-refractivity contribution is -0.154. The molecule has 2 rings (SSSR count). The van der Waals surface area contributed by atoms with Crippen molar-refractivity contribution in [3.8, 4) is 0 Å². The highest BCUT2D eigenvalue weighted by Crippen LogP contribution is 2.36. The molecule has 2 saturated heterocycles. The van der Waals surface area contributed by atoms with Crippen LogP contribution in [0.25, 0.3) is 0 Å². The van der Waals surface area contributed by atoms with Gasteiger partial charge in [-0.1, -0.05) is 13.8 Å². The summed E-state index contributed by atoms with van der Waals surface area (Å²) in [6, 6.07) is 0.518. The van der Waals surface area contributed by atoms with Crippen LogP contribution in [0, 0.1) is 5.41 Å². The smallest absolute Gasteiger partial charge is 0.310 e. The van der Waals surface area contributed by atoms with E-state index in [2.05, 4.69) is 11.8 Å². The molecule has 110 valence electrons. The highest BCUT2D eigenvalue weighted by atomic mass is 16.5. The maximum absolute atomic E-state index is 11.6. The molecule has 2 aliphatic heterocycles. The number of carboxylic acids is 1. The summed E-state index contributed by atoms with van der Waals surface area (Å²) < 4.78 is 5.73. The Balaban J connectivity index is 2.02. The molecule has 0 aromatic rings. The van der Waals surface area contributed by atoms with Gasteiger partial charge < -0.3 is 9.84 Å². The second-order valence-electron chi connectivity index (χ2n) is 6.09. The molecule has 2 heterocycles. The molecule has 3 atom stereocenters. The summed E-state index contributed by atoms with van der Waals surface area (Å²) in [7, 11) is 0. The molecule has 19 heavy (non-hydrogen) atoms. The van der Waals surface area contributed by atoms with Crippen LogP contribution >= 0.6 is 0 Å². The number of piperidine rings is 1. The zero-order chi connectivity index (χ0) is 13.9. The first-order valence-corrected chi connectivity index (χ1v) is 7.70. The second-order valence-corrected chi connectivity index (χ2v) is 6.09.